The molecule has 0 aliphatic carbocycles. The Morgan fingerprint density at radius 1 is 1.33 bits per heavy atom. The molecular weight excluding hydrogens is 335 g/mol. The summed E-state index contributed by atoms with van der Waals surface area (Å²) in [5.74, 6) is -1.08. The van der Waals surface area contributed by atoms with Gasteiger partial charge in [0.15, 0.2) is 0 Å². The highest BCUT2D eigenvalue weighted by Crippen LogP contribution is 2.26. The highest BCUT2D eigenvalue weighted by molar-refractivity contribution is 7.89. The maximum Gasteiger partial charge on any atom is 0.246 e. The largest absolute Gasteiger partial charge is 0.379 e. The number of benzene rings is 1. The third-order valence-corrected chi connectivity index (χ3v) is 6.19. The van der Waals surface area contributed by atoms with Crippen LogP contribution >= 0.6 is 0 Å². The van der Waals surface area contributed by atoms with E-state index < -0.39 is 26.2 Å². The number of carbonyl (C=O) groups excluding carboxylic acids is 1. The highest BCUT2D eigenvalue weighted by Gasteiger charge is 2.30. The number of halogens is 1. The number of hydrogen-bond donors (Lipinski definition) is 1. The van der Waals surface area contributed by atoms with Gasteiger partial charge in [0.25, 0.3) is 0 Å². The van der Waals surface area contributed by atoms with E-state index in [4.69, 9.17) is 4.74 Å². The van der Waals surface area contributed by atoms with Gasteiger partial charge in [-0.2, -0.15) is 4.31 Å². The second-order valence-electron chi connectivity index (χ2n) is 6.35. The van der Waals surface area contributed by atoms with Gasteiger partial charge in [0.05, 0.1) is 13.2 Å². The maximum absolute atomic E-state index is 14.1. The van der Waals surface area contributed by atoms with Gasteiger partial charge in [-0.1, -0.05) is 20.8 Å². The molecule has 6 nitrogen and oxygen atoms in total. The molecule has 24 heavy (non-hydrogen) atoms. The molecule has 0 aromatic heterocycles. The normalized spacial score (nSPS) is 16.8. The molecule has 1 fully saturated rings. The SMILES string of the molecule is CCC(C)(C)C(=O)Nc1ccc(F)c(S(=O)(=O)N2CCOCC2)c1. The molecule has 1 aromatic rings. The molecule has 0 bridgehead atoms. The molecule has 1 aromatic carbocycles. The quantitative estimate of drug-likeness (QED) is 0.876. The Balaban J connectivity index is 2.30. The van der Waals surface area contributed by atoms with Crippen molar-refractivity contribution in [2.45, 2.75) is 32.1 Å². The monoisotopic (exact) mass is 358 g/mol. The fourth-order valence-corrected chi connectivity index (χ4v) is 3.66. The van der Waals surface area contributed by atoms with Crippen LogP contribution in [-0.2, 0) is 19.6 Å². The Morgan fingerprint density at radius 2 is 1.96 bits per heavy atom. The molecule has 0 radical (unpaired) electrons. The van der Waals surface area contributed by atoms with E-state index in [0.717, 1.165) is 6.07 Å². The predicted octanol–water partition coefficient (Wildman–Crippen LogP) is 2.22. The summed E-state index contributed by atoms with van der Waals surface area (Å²) < 4.78 is 45.7. The molecule has 0 atom stereocenters. The summed E-state index contributed by atoms with van der Waals surface area (Å²) in [5.41, 5.74) is -0.341. The number of ether oxygens (including phenoxy) is 1. The van der Waals surface area contributed by atoms with Crippen LogP contribution in [0.25, 0.3) is 0 Å². The van der Waals surface area contributed by atoms with Crippen molar-refractivity contribution in [1.82, 2.24) is 4.31 Å². The summed E-state index contributed by atoms with van der Waals surface area (Å²) in [6.45, 7) is 6.39. The number of amides is 1. The van der Waals surface area contributed by atoms with E-state index in [1.165, 1.54) is 16.4 Å². The molecule has 2 rings (SSSR count). The Hall–Kier alpha value is -1.51. The summed E-state index contributed by atoms with van der Waals surface area (Å²) in [5, 5.41) is 2.66. The van der Waals surface area contributed by atoms with E-state index in [9.17, 15) is 17.6 Å². The van der Waals surface area contributed by atoms with Crippen molar-refractivity contribution in [2.75, 3.05) is 31.6 Å². The van der Waals surface area contributed by atoms with E-state index in [2.05, 4.69) is 5.32 Å². The van der Waals surface area contributed by atoms with E-state index >= 15 is 0 Å². The first kappa shape index (κ1) is 18.8. The first-order valence-electron chi connectivity index (χ1n) is 7.87. The zero-order chi connectivity index (χ0) is 18.0. The maximum atomic E-state index is 14.1. The second kappa shape index (κ2) is 7.16. The lowest BCUT2D eigenvalue weighted by Crippen LogP contribution is -2.41. The lowest BCUT2D eigenvalue weighted by molar-refractivity contribution is -0.124. The van der Waals surface area contributed by atoms with Crippen LogP contribution in [0.3, 0.4) is 0 Å². The number of carbonyl (C=O) groups is 1. The Labute approximate surface area is 142 Å². The number of rotatable bonds is 5. The number of hydrogen-bond acceptors (Lipinski definition) is 4. The minimum Gasteiger partial charge on any atom is -0.379 e. The molecule has 1 aliphatic heterocycles. The number of sulfonamides is 1. The topological polar surface area (TPSA) is 75.7 Å². The van der Waals surface area contributed by atoms with Gasteiger partial charge in [-0.3, -0.25) is 4.79 Å². The van der Waals surface area contributed by atoms with Crippen molar-refractivity contribution in [3.63, 3.8) is 0 Å². The number of morpholine rings is 1. The van der Waals surface area contributed by atoms with Gasteiger partial charge in [0.2, 0.25) is 15.9 Å². The number of nitrogens with one attached hydrogen (secondary N) is 1. The molecule has 8 heteroatoms. The van der Waals surface area contributed by atoms with Gasteiger partial charge in [-0.15, -0.1) is 0 Å². The van der Waals surface area contributed by atoms with Crippen molar-refractivity contribution in [1.29, 1.82) is 0 Å². The molecule has 1 heterocycles. The lowest BCUT2D eigenvalue weighted by atomic mass is 9.89. The third-order valence-electron chi connectivity index (χ3n) is 4.28. The first-order chi connectivity index (χ1) is 11.2. The Morgan fingerprint density at radius 3 is 2.54 bits per heavy atom. The van der Waals surface area contributed by atoms with Gasteiger partial charge in [0, 0.05) is 24.2 Å². The number of nitrogens with zero attached hydrogens (tertiary/aromatic N) is 1. The summed E-state index contributed by atoms with van der Waals surface area (Å²) in [6.07, 6.45) is 0.624. The van der Waals surface area contributed by atoms with Crippen molar-refractivity contribution in [2.24, 2.45) is 5.41 Å². The summed E-state index contributed by atoms with van der Waals surface area (Å²) in [7, 11) is -3.97. The minimum atomic E-state index is -3.97. The van der Waals surface area contributed by atoms with Crippen LogP contribution in [-0.4, -0.2) is 44.9 Å². The van der Waals surface area contributed by atoms with Crippen molar-refractivity contribution in [3.8, 4) is 0 Å². The predicted molar refractivity (Wildman–Crippen MR) is 88.7 cm³/mol. The fraction of sp³-hybridized carbons (Fsp3) is 0.562. The van der Waals surface area contributed by atoms with Gasteiger partial charge in [-0.05, 0) is 24.6 Å². The van der Waals surface area contributed by atoms with E-state index in [1.807, 2.05) is 6.92 Å². The van der Waals surface area contributed by atoms with Crippen molar-refractivity contribution >= 4 is 21.6 Å². The molecule has 134 valence electrons. The average molecular weight is 358 g/mol. The molecule has 0 saturated carbocycles. The van der Waals surface area contributed by atoms with Crippen molar-refractivity contribution < 1.29 is 22.3 Å². The Bertz CT molecular complexity index is 713. The van der Waals surface area contributed by atoms with E-state index in [1.54, 1.807) is 13.8 Å². The standard InChI is InChI=1S/C16H23FN2O4S/c1-4-16(2,3)15(20)18-12-5-6-13(17)14(11-12)24(21,22)19-7-9-23-10-8-19/h5-6,11H,4,7-10H2,1-3H3,(H,18,20). The second-order valence-corrected chi connectivity index (χ2v) is 8.26. The first-order valence-corrected chi connectivity index (χ1v) is 9.31. The van der Waals surface area contributed by atoms with E-state index in [-0.39, 0.29) is 37.9 Å². The van der Waals surface area contributed by atoms with Gasteiger partial charge in [-0.25, -0.2) is 12.8 Å². The lowest BCUT2D eigenvalue weighted by Gasteiger charge is -2.26. The van der Waals surface area contributed by atoms with Crippen LogP contribution in [0.15, 0.2) is 23.1 Å². The smallest absolute Gasteiger partial charge is 0.246 e. The van der Waals surface area contributed by atoms with Gasteiger partial charge >= 0.3 is 0 Å². The van der Waals surface area contributed by atoms with Crippen LogP contribution < -0.4 is 5.32 Å². The van der Waals surface area contributed by atoms with E-state index in [0.29, 0.717) is 6.42 Å². The van der Waals surface area contributed by atoms with Crippen LogP contribution in [0, 0.1) is 11.2 Å². The summed E-state index contributed by atoms with van der Waals surface area (Å²) >= 11 is 0. The molecule has 1 N–H and O–H groups in total. The Kier molecular flexibility index (Phi) is 5.62. The number of anilines is 1. The zero-order valence-corrected chi connectivity index (χ0v) is 15.0. The zero-order valence-electron chi connectivity index (χ0n) is 14.1. The summed E-state index contributed by atoms with van der Waals surface area (Å²) in [6, 6.07) is 3.59. The average Bonchev–Trinajstić information content (AvgIpc) is 2.57. The van der Waals surface area contributed by atoms with Crippen LogP contribution in [0.2, 0.25) is 0 Å². The molecule has 0 unspecified atom stereocenters. The molecular formula is C16H23FN2O4S. The van der Waals surface area contributed by atoms with Gasteiger partial charge in [0.1, 0.15) is 10.7 Å². The minimum absolute atomic E-state index is 0.182. The summed E-state index contributed by atoms with van der Waals surface area (Å²) in [4.78, 5) is 11.8. The van der Waals surface area contributed by atoms with Gasteiger partial charge < -0.3 is 10.1 Å². The fourth-order valence-electron chi connectivity index (χ4n) is 2.17. The van der Waals surface area contributed by atoms with Crippen LogP contribution in [0.5, 0.6) is 0 Å². The molecule has 1 saturated heterocycles. The van der Waals surface area contributed by atoms with Crippen LogP contribution in [0.4, 0.5) is 10.1 Å². The highest BCUT2D eigenvalue weighted by atomic mass is 32.2. The molecule has 1 amide bonds. The third kappa shape index (κ3) is 3.93. The molecule has 0 spiro atoms. The van der Waals surface area contributed by atoms with Crippen molar-refractivity contribution in [3.05, 3.63) is 24.0 Å². The molecule has 1 aliphatic rings. The van der Waals surface area contributed by atoms with Crippen LogP contribution in [0.1, 0.15) is 27.2 Å².